The van der Waals surface area contributed by atoms with Crippen LogP contribution in [0.15, 0.2) is 18.2 Å². The molecule has 0 spiro atoms. The summed E-state index contributed by atoms with van der Waals surface area (Å²) in [5.41, 5.74) is 8.20. The standard InChI is InChI=1S/C21H28N4O/c1-6-19-13(2)18-11-16(7-9-20(18)23-19)12-22-21(26)10-8-17-14(3)24-25(5)15(17)4/h7,9,11,23H,6,8,10,12H2,1-5H3,(H,22,26). The van der Waals surface area contributed by atoms with E-state index in [1.165, 1.54) is 22.2 Å². The molecule has 0 atom stereocenters. The number of fused-ring (bicyclic) bond motifs is 1. The van der Waals surface area contributed by atoms with Gasteiger partial charge in [0.05, 0.1) is 5.69 Å². The van der Waals surface area contributed by atoms with E-state index in [0.717, 1.165) is 35.3 Å². The molecule has 3 rings (SSSR count). The summed E-state index contributed by atoms with van der Waals surface area (Å²) in [6.07, 6.45) is 2.21. The predicted molar refractivity (Wildman–Crippen MR) is 105 cm³/mol. The zero-order valence-corrected chi connectivity index (χ0v) is 16.4. The molecule has 1 aromatic carbocycles. The van der Waals surface area contributed by atoms with Crippen molar-refractivity contribution in [1.29, 1.82) is 0 Å². The van der Waals surface area contributed by atoms with Crippen molar-refractivity contribution in [3.63, 3.8) is 0 Å². The first kappa shape index (κ1) is 18.2. The van der Waals surface area contributed by atoms with Gasteiger partial charge in [0.15, 0.2) is 0 Å². The first-order chi connectivity index (χ1) is 12.4. The fourth-order valence-corrected chi connectivity index (χ4v) is 3.60. The highest BCUT2D eigenvalue weighted by molar-refractivity contribution is 5.85. The largest absolute Gasteiger partial charge is 0.358 e. The molecule has 0 fully saturated rings. The summed E-state index contributed by atoms with van der Waals surface area (Å²) < 4.78 is 1.88. The third-order valence-electron chi connectivity index (χ3n) is 5.33. The van der Waals surface area contributed by atoms with Crippen LogP contribution in [-0.4, -0.2) is 20.7 Å². The maximum absolute atomic E-state index is 12.3. The van der Waals surface area contributed by atoms with Crippen molar-refractivity contribution in [3.05, 3.63) is 52.0 Å². The van der Waals surface area contributed by atoms with Gasteiger partial charge in [-0.2, -0.15) is 5.10 Å². The Hall–Kier alpha value is -2.56. The highest BCUT2D eigenvalue weighted by Crippen LogP contribution is 2.23. The molecule has 0 saturated heterocycles. The fourth-order valence-electron chi connectivity index (χ4n) is 3.60. The van der Waals surface area contributed by atoms with E-state index >= 15 is 0 Å². The van der Waals surface area contributed by atoms with Gasteiger partial charge in [0.2, 0.25) is 5.91 Å². The van der Waals surface area contributed by atoms with Gasteiger partial charge >= 0.3 is 0 Å². The number of hydrogen-bond donors (Lipinski definition) is 2. The average molecular weight is 352 g/mol. The molecule has 0 unspecified atom stereocenters. The van der Waals surface area contributed by atoms with Crippen LogP contribution < -0.4 is 5.32 Å². The van der Waals surface area contributed by atoms with Crippen molar-refractivity contribution in [3.8, 4) is 0 Å². The molecular weight excluding hydrogens is 324 g/mol. The lowest BCUT2D eigenvalue weighted by atomic mass is 10.1. The number of nitrogens with zero attached hydrogens (tertiary/aromatic N) is 2. The summed E-state index contributed by atoms with van der Waals surface area (Å²) in [5.74, 6) is 0.0767. The van der Waals surface area contributed by atoms with Gasteiger partial charge < -0.3 is 10.3 Å². The predicted octanol–water partition coefficient (Wildman–Crippen LogP) is 3.64. The number of rotatable bonds is 6. The van der Waals surface area contributed by atoms with E-state index in [1.54, 1.807) is 0 Å². The Morgan fingerprint density at radius 2 is 2.04 bits per heavy atom. The minimum atomic E-state index is 0.0767. The van der Waals surface area contributed by atoms with Crippen molar-refractivity contribution in [2.24, 2.45) is 7.05 Å². The van der Waals surface area contributed by atoms with Gasteiger partial charge in [-0.3, -0.25) is 9.48 Å². The fraction of sp³-hybridized carbons (Fsp3) is 0.429. The average Bonchev–Trinajstić information content (AvgIpc) is 3.07. The molecule has 2 N–H and O–H groups in total. The molecule has 0 radical (unpaired) electrons. The second-order valence-corrected chi connectivity index (χ2v) is 7.01. The normalized spacial score (nSPS) is 11.3. The Labute approximate surface area is 154 Å². The Kier molecular flexibility index (Phi) is 5.16. The van der Waals surface area contributed by atoms with E-state index in [1.807, 2.05) is 25.6 Å². The van der Waals surface area contributed by atoms with Crippen LogP contribution in [0.2, 0.25) is 0 Å². The first-order valence-electron chi connectivity index (χ1n) is 9.26. The number of carbonyl (C=O) groups excluding carboxylic acids is 1. The summed E-state index contributed by atoms with van der Waals surface area (Å²) in [6.45, 7) is 8.92. The summed E-state index contributed by atoms with van der Waals surface area (Å²) in [5, 5.41) is 8.70. The summed E-state index contributed by atoms with van der Waals surface area (Å²) >= 11 is 0. The third-order valence-corrected chi connectivity index (χ3v) is 5.33. The second-order valence-electron chi connectivity index (χ2n) is 7.01. The molecule has 0 aliphatic heterocycles. The second kappa shape index (κ2) is 7.36. The SMILES string of the molecule is CCc1[nH]c2ccc(CNC(=O)CCc3c(C)nn(C)c3C)cc2c1C. The Bertz CT molecular complexity index is 949. The van der Waals surface area contributed by atoms with Crippen LogP contribution in [0.25, 0.3) is 10.9 Å². The summed E-state index contributed by atoms with van der Waals surface area (Å²) in [7, 11) is 1.94. The Balaban J connectivity index is 1.60. The lowest BCUT2D eigenvalue weighted by molar-refractivity contribution is -0.121. The molecule has 0 aliphatic rings. The van der Waals surface area contributed by atoms with E-state index in [4.69, 9.17) is 0 Å². The topological polar surface area (TPSA) is 62.7 Å². The lowest BCUT2D eigenvalue weighted by Crippen LogP contribution is -2.23. The van der Waals surface area contributed by atoms with Gasteiger partial charge in [-0.25, -0.2) is 0 Å². The van der Waals surface area contributed by atoms with Crippen LogP contribution in [0, 0.1) is 20.8 Å². The molecule has 0 saturated carbocycles. The Morgan fingerprint density at radius 3 is 2.69 bits per heavy atom. The molecule has 138 valence electrons. The zero-order chi connectivity index (χ0) is 18.8. The number of aromatic amines is 1. The van der Waals surface area contributed by atoms with E-state index in [9.17, 15) is 4.79 Å². The van der Waals surface area contributed by atoms with Gasteiger partial charge in [-0.15, -0.1) is 0 Å². The first-order valence-corrected chi connectivity index (χ1v) is 9.26. The van der Waals surface area contributed by atoms with Crippen LogP contribution in [0.4, 0.5) is 0 Å². The number of hydrogen-bond acceptors (Lipinski definition) is 2. The minimum absolute atomic E-state index is 0.0767. The number of carbonyl (C=O) groups is 1. The van der Waals surface area contributed by atoms with Crippen molar-refractivity contribution >= 4 is 16.8 Å². The number of aromatic nitrogens is 3. The molecule has 26 heavy (non-hydrogen) atoms. The van der Waals surface area contributed by atoms with Gasteiger partial charge in [-0.1, -0.05) is 13.0 Å². The van der Waals surface area contributed by atoms with Crippen molar-refractivity contribution in [1.82, 2.24) is 20.1 Å². The van der Waals surface area contributed by atoms with E-state index in [0.29, 0.717) is 13.0 Å². The van der Waals surface area contributed by atoms with Gasteiger partial charge in [0.25, 0.3) is 0 Å². The number of H-pyrrole nitrogens is 1. The molecule has 0 bridgehead atoms. The highest BCUT2D eigenvalue weighted by Gasteiger charge is 2.12. The maximum atomic E-state index is 12.3. The number of benzene rings is 1. The van der Waals surface area contributed by atoms with Crippen LogP contribution in [-0.2, 0) is 31.2 Å². The Morgan fingerprint density at radius 1 is 1.27 bits per heavy atom. The molecule has 2 aromatic heterocycles. The van der Waals surface area contributed by atoms with Crippen molar-refractivity contribution in [2.45, 2.75) is 53.5 Å². The smallest absolute Gasteiger partial charge is 0.220 e. The summed E-state index contributed by atoms with van der Waals surface area (Å²) in [6, 6.07) is 6.36. The van der Waals surface area contributed by atoms with Crippen LogP contribution >= 0.6 is 0 Å². The van der Waals surface area contributed by atoms with Crippen LogP contribution in [0.3, 0.4) is 0 Å². The highest BCUT2D eigenvalue weighted by atomic mass is 16.1. The molecule has 5 nitrogen and oxygen atoms in total. The van der Waals surface area contributed by atoms with Gasteiger partial charge in [0.1, 0.15) is 0 Å². The molecule has 5 heteroatoms. The quantitative estimate of drug-likeness (QED) is 0.711. The van der Waals surface area contributed by atoms with Crippen molar-refractivity contribution in [2.75, 3.05) is 0 Å². The number of nitrogens with one attached hydrogen (secondary N) is 2. The number of aryl methyl sites for hydroxylation is 4. The molecule has 0 aliphatic carbocycles. The van der Waals surface area contributed by atoms with Gasteiger partial charge in [-0.05, 0) is 62.4 Å². The monoisotopic (exact) mass is 352 g/mol. The van der Waals surface area contributed by atoms with E-state index in [-0.39, 0.29) is 5.91 Å². The van der Waals surface area contributed by atoms with Crippen LogP contribution in [0.5, 0.6) is 0 Å². The van der Waals surface area contributed by atoms with E-state index < -0.39 is 0 Å². The lowest BCUT2D eigenvalue weighted by Gasteiger charge is -2.07. The van der Waals surface area contributed by atoms with Gasteiger partial charge in [0, 0.05) is 42.3 Å². The molecule has 1 amide bonds. The molecular formula is C21H28N4O. The molecule has 2 heterocycles. The minimum Gasteiger partial charge on any atom is -0.358 e. The zero-order valence-electron chi connectivity index (χ0n) is 16.4. The number of amides is 1. The van der Waals surface area contributed by atoms with E-state index in [2.05, 4.69) is 47.4 Å². The summed E-state index contributed by atoms with van der Waals surface area (Å²) in [4.78, 5) is 15.7. The van der Waals surface area contributed by atoms with Crippen LogP contribution in [0.1, 0.15) is 47.1 Å². The molecule has 3 aromatic rings. The van der Waals surface area contributed by atoms with Crippen molar-refractivity contribution < 1.29 is 4.79 Å². The third kappa shape index (κ3) is 3.52. The maximum Gasteiger partial charge on any atom is 0.220 e.